The van der Waals surface area contributed by atoms with Crippen molar-refractivity contribution in [2.24, 2.45) is 5.73 Å². The molecule has 2 heteroatoms. The van der Waals surface area contributed by atoms with Gasteiger partial charge in [0.05, 0.1) is 6.10 Å². The van der Waals surface area contributed by atoms with E-state index in [4.69, 9.17) is 10.8 Å². The Morgan fingerprint density at radius 3 is 2.20 bits per heavy atom. The SMILES string of the molecule is CC.NC1CCCC(O)C1. The molecule has 0 aromatic rings. The van der Waals surface area contributed by atoms with E-state index in [0.29, 0.717) is 0 Å². The summed E-state index contributed by atoms with van der Waals surface area (Å²) in [6.07, 6.45) is 3.84. The molecule has 0 aromatic carbocycles. The quantitative estimate of drug-likeness (QED) is 0.539. The summed E-state index contributed by atoms with van der Waals surface area (Å²) in [6, 6.07) is 0.263. The molecule has 0 aromatic heterocycles. The second-order valence-electron chi connectivity index (χ2n) is 2.58. The van der Waals surface area contributed by atoms with Crippen LogP contribution in [0.25, 0.3) is 0 Å². The second-order valence-corrected chi connectivity index (χ2v) is 2.58. The molecule has 0 saturated heterocycles. The van der Waals surface area contributed by atoms with Crippen LogP contribution in [0.2, 0.25) is 0 Å². The van der Waals surface area contributed by atoms with Crippen molar-refractivity contribution in [1.82, 2.24) is 0 Å². The zero-order valence-corrected chi connectivity index (χ0v) is 7.01. The number of rotatable bonds is 0. The van der Waals surface area contributed by atoms with Gasteiger partial charge in [-0.2, -0.15) is 0 Å². The highest BCUT2D eigenvalue weighted by Crippen LogP contribution is 2.15. The third-order valence-electron chi connectivity index (χ3n) is 1.69. The van der Waals surface area contributed by atoms with Crippen molar-refractivity contribution < 1.29 is 5.11 Å². The van der Waals surface area contributed by atoms with Crippen LogP contribution in [0.15, 0.2) is 0 Å². The molecule has 0 radical (unpaired) electrons. The summed E-state index contributed by atoms with van der Waals surface area (Å²) >= 11 is 0. The van der Waals surface area contributed by atoms with Crippen molar-refractivity contribution in [3.05, 3.63) is 0 Å². The molecule has 0 heterocycles. The summed E-state index contributed by atoms with van der Waals surface area (Å²) in [4.78, 5) is 0. The maximum absolute atomic E-state index is 9.00. The molecule has 10 heavy (non-hydrogen) atoms. The molecule has 1 saturated carbocycles. The van der Waals surface area contributed by atoms with E-state index in [9.17, 15) is 0 Å². The predicted molar refractivity (Wildman–Crippen MR) is 43.8 cm³/mol. The fourth-order valence-corrected chi connectivity index (χ4v) is 1.20. The predicted octanol–water partition coefficient (Wildman–Crippen LogP) is 1.27. The van der Waals surface area contributed by atoms with Crippen molar-refractivity contribution in [1.29, 1.82) is 0 Å². The Balaban J connectivity index is 0.000000371. The smallest absolute Gasteiger partial charge is 0.0555 e. The average Bonchev–Trinajstić information content (AvgIpc) is 1.91. The van der Waals surface area contributed by atoms with Gasteiger partial charge in [-0.25, -0.2) is 0 Å². The normalized spacial score (nSPS) is 32.4. The highest BCUT2D eigenvalue weighted by atomic mass is 16.3. The second kappa shape index (κ2) is 5.69. The van der Waals surface area contributed by atoms with Gasteiger partial charge in [0.1, 0.15) is 0 Å². The zero-order chi connectivity index (χ0) is 7.98. The van der Waals surface area contributed by atoms with Gasteiger partial charge in [-0.3, -0.25) is 0 Å². The van der Waals surface area contributed by atoms with Gasteiger partial charge < -0.3 is 10.8 Å². The molecule has 1 aliphatic carbocycles. The van der Waals surface area contributed by atoms with Crippen LogP contribution < -0.4 is 5.73 Å². The Hall–Kier alpha value is -0.0800. The first-order valence-electron chi connectivity index (χ1n) is 4.22. The van der Waals surface area contributed by atoms with Gasteiger partial charge in [0.25, 0.3) is 0 Å². The molecule has 2 atom stereocenters. The summed E-state index contributed by atoms with van der Waals surface area (Å²) in [6.45, 7) is 4.00. The van der Waals surface area contributed by atoms with Crippen LogP contribution in [0.4, 0.5) is 0 Å². The van der Waals surface area contributed by atoms with Crippen LogP contribution in [0.1, 0.15) is 39.5 Å². The van der Waals surface area contributed by atoms with Gasteiger partial charge in [-0.05, 0) is 25.7 Å². The zero-order valence-electron chi connectivity index (χ0n) is 7.01. The van der Waals surface area contributed by atoms with E-state index in [1.807, 2.05) is 13.8 Å². The van der Waals surface area contributed by atoms with Gasteiger partial charge in [0.15, 0.2) is 0 Å². The van der Waals surface area contributed by atoms with Crippen molar-refractivity contribution in [2.45, 2.75) is 51.7 Å². The van der Waals surface area contributed by atoms with Gasteiger partial charge in [0.2, 0.25) is 0 Å². The van der Waals surface area contributed by atoms with Gasteiger partial charge >= 0.3 is 0 Å². The van der Waals surface area contributed by atoms with Crippen LogP contribution in [-0.2, 0) is 0 Å². The van der Waals surface area contributed by atoms with E-state index in [0.717, 1.165) is 25.7 Å². The van der Waals surface area contributed by atoms with E-state index < -0.39 is 0 Å². The largest absolute Gasteiger partial charge is 0.393 e. The lowest BCUT2D eigenvalue weighted by atomic mass is 9.94. The minimum atomic E-state index is -0.112. The van der Waals surface area contributed by atoms with E-state index in [2.05, 4.69) is 0 Å². The summed E-state index contributed by atoms with van der Waals surface area (Å²) in [5.74, 6) is 0. The van der Waals surface area contributed by atoms with Crippen LogP contribution >= 0.6 is 0 Å². The van der Waals surface area contributed by atoms with E-state index in [1.54, 1.807) is 0 Å². The monoisotopic (exact) mass is 145 g/mol. The van der Waals surface area contributed by atoms with Gasteiger partial charge in [-0.1, -0.05) is 13.8 Å². The van der Waals surface area contributed by atoms with Gasteiger partial charge in [0, 0.05) is 6.04 Å². The molecule has 0 spiro atoms. The molecular formula is C8H19NO. The highest BCUT2D eigenvalue weighted by molar-refractivity contribution is 4.73. The summed E-state index contributed by atoms with van der Waals surface area (Å²) in [7, 11) is 0. The number of aliphatic hydroxyl groups excluding tert-OH is 1. The Kier molecular flexibility index (Phi) is 5.64. The summed E-state index contributed by atoms with van der Waals surface area (Å²) in [5, 5.41) is 9.00. The minimum absolute atomic E-state index is 0.112. The molecule has 3 N–H and O–H groups in total. The van der Waals surface area contributed by atoms with E-state index in [-0.39, 0.29) is 12.1 Å². The lowest BCUT2D eigenvalue weighted by molar-refractivity contribution is 0.120. The molecule has 0 bridgehead atoms. The molecule has 0 amide bonds. The summed E-state index contributed by atoms with van der Waals surface area (Å²) in [5.41, 5.74) is 5.57. The van der Waals surface area contributed by atoms with Crippen LogP contribution in [0, 0.1) is 0 Å². The van der Waals surface area contributed by atoms with Crippen molar-refractivity contribution >= 4 is 0 Å². The van der Waals surface area contributed by atoms with Crippen LogP contribution in [0.3, 0.4) is 0 Å². The Morgan fingerprint density at radius 2 is 1.90 bits per heavy atom. The fourth-order valence-electron chi connectivity index (χ4n) is 1.20. The third kappa shape index (κ3) is 3.85. The number of hydrogen-bond donors (Lipinski definition) is 2. The van der Waals surface area contributed by atoms with Crippen molar-refractivity contribution in [3.8, 4) is 0 Å². The average molecular weight is 145 g/mol. The highest BCUT2D eigenvalue weighted by Gasteiger charge is 2.15. The molecule has 62 valence electrons. The molecule has 2 nitrogen and oxygen atoms in total. The number of hydrogen-bond acceptors (Lipinski definition) is 2. The van der Waals surface area contributed by atoms with E-state index >= 15 is 0 Å². The lowest BCUT2D eigenvalue weighted by Gasteiger charge is -2.21. The minimum Gasteiger partial charge on any atom is -0.393 e. The van der Waals surface area contributed by atoms with Crippen LogP contribution in [0.5, 0.6) is 0 Å². The standard InChI is InChI=1S/C6H13NO.C2H6/c7-5-2-1-3-6(8)4-5;1-2/h5-6,8H,1-4,7H2;1-2H3. The van der Waals surface area contributed by atoms with E-state index in [1.165, 1.54) is 0 Å². The maximum Gasteiger partial charge on any atom is 0.0555 e. The number of nitrogens with two attached hydrogens (primary N) is 1. The Labute approximate surface area is 63.4 Å². The topological polar surface area (TPSA) is 46.2 Å². The molecule has 0 aliphatic heterocycles. The van der Waals surface area contributed by atoms with Crippen molar-refractivity contribution in [2.75, 3.05) is 0 Å². The Bertz CT molecular complexity index is 67.7. The molecule has 1 rings (SSSR count). The first kappa shape index (κ1) is 9.92. The van der Waals surface area contributed by atoms with Crippen molar-refractivity contribution in [3.63, 3.8) is 0 Å². The summed E-state index contributed by atoms with van der Waals surface area (Å²) < 4.78 is 0. The van der Waals surface area contributed by atoms with Gasteiger partial charge in [-0.15, -0.1) is 0 Å². The first-order chi connectivity index (χ1) is 4.79. The third-order valence-corrected chi connectivity index (χ3v) is 1.69. The maximum atomic E-state index is 9.00. The molecule has 1 aliphatic rings. The first-order valence-corrected chi connectivity index (χ1v) is 4.22. The fraction of sp³-hybridized carbons (Fsp3) is 1.00. The lowest BCUT2D eigenvalue weighted by Crippen LogP contribution is -2.30. The number of aliphatic hydroxyl groups is 1. The molecule has 1 fully saturated rings. The molecular weight excluding hydrogens is 126 g/mol. The molecule has 2 unspecified atom stereocenters. The Morgan fingerprint density at radius 1 is 1.30 bits per heavy atom. The van der Waals surface area contributed by atoms with Crippen LogP contribution in [-0.4, -0.2) is 17.3 Å².